The third-order valence-corrected chi connectivity index (χ3v) is 2.17. The summed E-state index contributed by atoms with van der Waals surface area (Å²) in [6, 6.07) is 5.39. The highest BCUT2D eigenvalue weighted by molar-refractivity contribution is 9.11. The minimum atomic E-state index is 0.406. The van der Waals surface area contributed by atoms with E-state index in [2.05, 4.69) is 22.5 Å². The molecule has 2 N–H and O–H groups in total. The van der Waals surface area contributed by atoms with Crippen molar-refractivity contribution in [2.24, 2.45) is 0 Å². The minimum Gasteiger partial charge on any atom is -0.488 e. The fraction of sp³-hybridized carbons (Fsp3) is 0.0909. The van der Waals surface area contributed by atoms with E-state index in [1.807, 2.05) is 6.07 Å². The molecule has 0 radical (unpaired) electrons. The molecule has 0 atom stereocenters. The summed E-state index contributed by atoms with van der Waals surface area (Å²) in [4.78, 5) is 0. The van der Waals surface area contributed by atoms with Crippen LogP contribution >= 0.6 is 15.9 Å². The first-order valence-electron chi connectivity index (χ1n) is 4.39. The van der Waals surface area contributed by atoms with Gasteiger partial charge in [-0.2, -0.15) is 0 Å². The molecule has 0 unspecified atom stereocenters. The van der Waals surface area contributed by atoms with Crippen LogP contribution in [0.2, 0.25) is 0 Å². The maximum atomic E-state index is 5.72. The van der Waals surface area contributed by atoms with E-state index in [1.165, 1.54) is 0 Å². The van der Waals surface area contributed by atoms with Gasteiger partial charge in [-0.3, -0.25) is 0 Å². The molecule has 78 valence electrons. The van der Waals surface area contributed by atoms with Gasteiger partial charge < -0.3 is 14.9 Å². The van der Waals surface area contributed by atoms with Crippen molar-refractivity contribution in [3.63, 3.8) is 0 Å². The minimum absolute atomic E-state index is 0.406. The van der Waals surface area contributed by atoms with E-state index in [9.17, 15) is 0 Å². The number of rotatable bonds is 3. The summed E-state index contributed by atoms with van der Waals surface area (Å²) in [7, 11) is 0. The van der Waals surface area contributed by atoms with E-state index in [4.69, 9.17) is 14.9 Å². The summed E-state index contributed by atoms with van der Waals surface area (Å²) in [5.74, 6) is 0.708. The van der Waals surface area contributed by atoms with Gasteiger partial charge in [0.2, 0.25) is 0 Å². The number of fused-ring (bicyclic) bond motifs is 1. The van der Waals surface area contributed by atoms with Crippen molar-refractivity contribution in [2.45, 2.75) is 0 Å². The normalized spacial score (nSPS) is 10.5. The standard InChI is InChI=1S/C11H10BrNO2/c1-7(12)6-15-11-5-8(13)4-10-9(11)2-3-14-10/h2-5H,1,6,13H2. The summed E-state index contributed by atoms with van der Waals surface area (Å²) in [5, 5.41) is 0.915. The molecule has 1 aromatic carbocycles. The molecule has 0 amide bonds. The first-order chi connectivity index (χ1) is 7.16. The highest BCUT2D eigenvalue weighted by atomic mass is 79.9. The molecular formula is C11H10BrNO2. The highest BCUT2D eigenvalue weighted by Gasteiger charge is 2.06. The second kappa shape index (κ2) is 3.98. The van der Waals surface area contributed by atoms with E-state index < -0.39 is 0 Å². The Labute approximate surface area is 95.6 Å². The maximum Gasteiger partial charge on any atom is 0.139 e. The van der Waals surface area contributed by atoms with Gasteiger partial charge in [-0.1, -0.05) is 22.5 Å². The van der Waals surface area contributed by atoms with Crippen LogP contribution in [0.25, 0.3) is 11.0 Å². The number of nitrogens with two attached hydrogens (primary N) is 1. The van der Waals surface area contributed by atoms with Crippen molar-refractivity contribution in [3.05, 3.63) is 35.5 Å². The predicted molar refractivity (Wildman–Crippen MR) is 64.2 cm³/mol. The molecule has 15 heavy (non-hydrogen) atoms. The van der Waals surface area contributed by atoms with Crippen LogP contribution in [0.1, 0.15) is 0 Å². The second-order valence-electron chi connectivity index (χ2n) is 3.16. The van der Waals surface area contributed by atoms with Crippen molar-refractivity contribution < 1.29 is 9.15 Å². The van der Waals surface area contributed by atoms with Gasteiger partial charge in [-0.25, -0.2) is 0 Å². The fourth-order valence-corrected chi connectivity index (χ4v) is 1.45. The molecule has 0 aliphatic carbocycles. The summed E-state index contributed by atoms with van der Waals surface area (Å²) >= 11 is 3.23. The van der Waals surface area contributed by atoms with Crippen LogP contribution in [0.3, 0.4) is 0 Å². The molecule has 0 saturated heterocycles. The lowest BCUT2D eigenvalue weighted by atomic mass is 10.2. The molecule has 0 saturated carbocycles. The van der Waals surface area contributed by atoms with Gasteiger partial charge in [-0.15, -0.1) is 0 Å². The lowest BCUT2D eigenvalue weighted by Crippen LogP contribution is -1.97. The Balaban J connectivity index is 2.39. The average Bonchev–Trinajstić information content (AvgIpc) is 2.61. The van der Waals surface area contributed by atoms with Crippen molar-refractivity contribution >= 4 is 32.6 Å². The molecular weight excluding hydrogens is 258 g/mol. The van der Waals surface area contributed by atoms with Crippen LogP contribution < -0.4 is 10.5 Å². The van der Waals surface area contributed by atoms with E-state index >= 15 is 0 Å². The lowest BCUT2D eigenvalue weighted by molar-refractivity contribution is 0.365. The van der Waals surface area contributed by atoms with Crippen LogP contribution in [-0.2, 0) is 0 Å². The summed E-state index contributed by atoms with van der Waals surface area (Å²) < 4.78 is 11.6. The van der Waals surface area contributed by atoms with E-state index in [0.29, 0.717) is 18.0 Å². The SMILES string of the molecule is C=C(Br)COc1cc(N)cc2occc12. The molecule has 1 heterocycles. The lowest BCUT2D eigenvalue weighted by Gasteiger charge is -2.06. The largest absolute Gasteiger partial charge is 0.488 e. The number of benzene rings is 1. The third kappa shape index (κ3) is 2.15. The zero-order valence-electron chi connectivity index (χ0n) is 8.00. The predicted octanol–water partition coefficient (Wildman–Crippen LogP) is 3.30. The first kappa shape index (κ1) is 10.1. The Morgan fingerprint density at radius 1 is 1.53 bits per heavy atom. The van der Waals surface area contributed by atoms with Crippen molar-refractivity contribution in [1.29, 1.82) is 0 Å². The number of nitrogen functional groups attached to an aromatic ring is 1. The summed E-state index contributed by atoms with van der Waals surface area (Å²) in [5.41, 5.74) is 7.06. The summed E-state index contributed by atoms with van der Waals surface area (Å²) in [6.07, 6.45) is 1.61. The zero-order chi connectivity index (χ0) is 10.8. The van der Waals surface area contributed by atoms with Crippen molar-refractivity contribution in [3.8, 4) is 5.75 Å². The van der Waals surface area contributed by atoms with Gasteiger partial charge in [0.05, 0.1) is 11.6 Å². The molecule has 0 spiro atoms. The average molecular weight is 268 g/mol. The number of hydrogen-bond donors (Lipinski definition) is 1. The van der Waals surface area contributed by atoms with Crippen molar-refractivity contribution in [2.75, 3.05) is 12.3 Å². The van der Waals surface area contributed by atoms with Gasteiger partial charge >= 0.3 is 0 Å². The quantitative estimate of drug-likeness (QED) is 0.869. The second-order valence-corrected chi connectivity index (χ2v) is 4.28. The molecule has 2 aromatic rings. The number of halogens is 1. The van der Waals surface area contributed by atoms with Crippen LogP contribution in [0.5, 0.6) is 5.75 Å². The molecule has 3 nitrogen and oxygen atoms in total. The Hall–Kier alpha value is -1.42. The highest BCUT2D eigenvalue weighted by Crippen LogP contribution is 2.30. The monoisotopic (exact) mass is 267 g/mol. The molecule has 0 fully saturated rings. The Morgan fingerprint density at radius 3 is 3.07 bits per heavy atom. The number of ether oxygens (including phenoxy) is 1. The molecule has 0 aliphatic heterocycles. The number of anilines is 1. The number of furan rings is 1. The third-order valence-electron chi connectivity index (χ3n) is 1.94. The number of hydrogen-bond acceptors (Lipinski definition) is 3. The van der Waals surface area contributed by atoms with Gasteiger partial charge in [0.1, 0.15) is 17.9 Å². The summed E-state index contributed by atoms with van der Waals surface area (Å²) in [6.45, 7) is 4.10. The Morgan fingerprint density at radius 2 is 2.33 bits per heavy atom. The molecule has 0 aliphatic rings. The molecule has 1 aromatic heterocycles. The van der Waals surface area contributed by atoms with Crippen LogP contribution in [0, 0.1) is 0 Å². The Kier molecular flexibility index (Phi) is 2.68. The van der Waals surface area contributed by atoms with Gasteiger partial charge in [0.15, 0.2) is 0 Å². The molecule has 4 heteroatoms. The van der Waals surface area contributed by atoms with E-state index in [0.717, 1.165) is 15.5 Å². The molecule has 2 rings (SSSR count). The first-order valence-corrected chi connectivity index (χ1v) is 5.19. The van der Waals surface area contributed by atoms with Gasteiger partial charge in [-0.05, 0) is 6.07 Å². The molecule has 0 bridgehead atoms. The van der Waals surface area contributed by atoms with E-state index in [1.54, 1.807) is 18.4 Å². The Bertz CT molecular complexity index is 504. The zero-order valence-corrected chi connectivity index (χ0v) is 9.58. The van der Waals surface area contributed by atoms with Crippen LogP contribution in [0.4, 0.5) is 5.69 Å². The maximum absolute atomic E-state index is 5.72. The van der Waals surface area contributed by atoms with Crippen LogP contribution in [-0.4, -0.2) is 6.61 Å². The van der Waals surface area contributed by atoms with E-state index in [-0.39, 0.29) is 0 Å². The topological polar surface area (TPSA) is 48.4 Å². The fourth-order valence-electron chi connectivity index (χ4n) is 1.33. The van der Waals surface area contributed by atoms with Crippen molar-refractivity contribution in [1.82, 2.24) is 0 Å². The van der Waals surface area contributed by atoms with Gasteiger partial charge in [0.25, 0.3) is 0 Å². The van der Waals surface area contributed by atoms with Gasteiger partial charge in [0, 0.05) is 22.3 Å². The smallest absolute Gasteiger partial charge is 0.139 e. The van der Waals surface area contributed by atoms with Crippen LogP contribution in [0.15, 0.2) is 39.9 Å².